The standard InChI is InChI=1S/C25H34N2O2S/c1-5-6-9-14-26(25(29)18(2)3)17-23(28)27-15-12-22-21(13-16-30-22)24(27)20-11-8-7-10-19(20)4/h7-8,10-11,13,16,18,24H,5-6,9,12,14-15,17H2,1-4H3/t24-/m1/s1. The molecule has 30 heavy (non-hydrogen) atoms. The van der Waals surface area contributed by atoms with Crippen LogP contribution in [0.4, 0.5) is 0 Å². The van der Waals surface area contributed by atoms with E-state index in [1.54, 1.807) is 16.2 Å². The summed E-state index contributed by atoms with van der Waals surface area (Å²) < 4.78 is 0. The van der Waals surface area contributed by atoms with Crippen LogP contribution in [-0.4, -0.2) is 41.2 Å². The quantitative estimate of drug-likeness (QED) is 0.544. The van der Waals surface area contributed by atoms with E-state index in [2.05, 4.69) is 37.4 Å². The van der Waals surface area contributed by atoms with Gasteiger partial charge in [0.25, 0.3) is 0 Å². The average molecular weight is 427 g/mol. The van der Waals surface area contributed by atoms with E-state index in [0.29, 0.717) is 13.1 Å². The normalized spacial score (nSPS) is 15.9. The predicted octanol–water partition coefficient (Wildman–Crippen LogP) is 5.21. The van der Waals surface area contributed by atoms with Crippen LogP contribution >= 0.6 is 11.3 Å². The first kappa shape index (κ1) is 22.5. The molecule has 1 aliphatic rings. The lowest BCUT2D eigenvalue weighted by Crippen LogP contribution is -2.47. The lowest BCUT2D eigenvalue weighted by atomic mass is 9.90. The number of fused-ring (bicyclic) bond motifs is 1. The highest BCUT2D eigenvalue weighted by molar-refractivity contribution is 7.10. The zero-order chi connectivity index (χ0) is 21.7. The first-order chi connectivity index (χ1) is 14.4. The van der Waals surface area contributed by atoms with Gasteiger partial charge in [0.15, 0.2) is 0 Å². The van der Waals surface area contributed by atoms with Gasteiger partial charge in [0.1, 0.15) is 0 Å². The van der Waals surface area contributed by atoms with E-state index < -0.39 is 0 Å². The molecule has 1 aromatic heterocycles. The van der Waals surface area contributed by atoms with Gasteiger partial charge in [0, 0.05) is 23.9 Å². The van der Waals surface area contributed by atoms with Crippen LogP contribution in [0.15, 0.2) is 35.7 Å². The number of carbonyl (C=O) groups excluding carboxylic acids is 2. The number of carbonyl (C=O) groups is 2. The van der Waals surface area contributed by atoms with E-state index >= 15 is 0 Å². The van der Waals surface area contributed by atoms with Crippen LogP contribution in [0.2, 0.25) is 0 Å². The highest BCUT2D eigenvalue weighted by Crippen LogP contribution is 2.39. The minimum atomic E-state index is -0.101. The van der Waals surface area contributed by atoms with Crippen molar-refractivity contribution in [3.8, 4) is 0 Å². The number of hydrogen-bond donors (Lipinski definition) is 0. The monoisotopic (exact) mass is 426 g/mol. The average Bonchev–Trinajstić information content (AvgIpc) is 3.21. The molecule has 162 valence electrons. The molecule has 0 unspecified atom stereocenters. The zero-order valence-corrected chi connectivity index (χ0v) is 19.5. The largest absolute Gasteiger partial charge is 0.333 e. The van der Waals surface area contributed by atoms with E-state index in [1.165, 1.54) is 21.6 Å². The Balaban J connectivity index is 1.87. The van der Waals surface area contributed by atoms with Crippen LogP contribution in [0, 0.1) is 12.8 Å². The summed E-state index contributed by atoms with van der Waals surface area (Å²) in [6.45, 7) is 9.61. The Hall–Kier alpha value is -2.14. The van der Waals surface area contributed by atoms with Gasteiger partial charge in [-0.05, 0) is 47.9 Å². The lowest BCUT2D eigenvalue weighted by Gasteiger charge is -2.38. The highest BCUT2D eigenvalue weighted by atomic mass is 32.1. The minimum absolute atomic E-state index is 0.0469. The maximum atomic E-state index is 13.5. The molecule has 0 aliphatic carbocycles. The van der Waals surface area contributed by atoms with E-state index in [4.69, 9.17) is 0 Å². The Morgan fingerprint density at radius 3 is 2.63 bits per heavy atom. The van der Waals surface area contributed by atoms with Gasteiger partial charge in [0.05, 0.1) is 12.6 Å². The SMILES string of the molecule is CCCCCN(CC(=O)N1CCc2sccc2[C@H]1c1ccccc1C)C(=O)C(C)C. The summed E-state index contributed by atoms with van der Waals surface area (Å²) in [4.78, 5) is 31.4. The van der Waals surface area contributed by atoms with Gasteiger partial charge in [-0.1, -0.05) is 57.9 Å². The molecule has 2 aromatic rings. The molecule has 3 rings (SSSR count). The van der Waals surface area contributed by atoms with Crippen LogP contribution in [0.5, 0.6) is 0 Å². The first-order valence-corrected chi connectivity index (χ1v) is 12.0. The van der Waals surface area contributed by atoms with Crippen molar-refractivity contribution in [3.05, 3.63) is 57.3 Å². The van der Waals surface area contributed by atoms with Crippen LogP contribution in [0.3, 0.4) is 0 Å². The molecule has 1 aromatic carbocycles. The molecule has 2 amide bonds. The summed E-state index contributed by atoms with van der Waals surface area (Å²) in [6, 6.07) is 10.4. The Morgan fingerprint density at radius 1 is 1.17 bits per heavy atom. The first-order valence-electron chi connectivity index (χ1n) is 11.1. The van der Waals surface area contributed by atoms with Crippen LogP contribution in [0.1, 0.15) is 67.6 Å². The molecule has 0 radical (unpaired) electrons. The topological polar surface area (TPSA) is 40.6 Å². The van der Waals surface area contributed by atoms with E-state index in [0.717, 1.165) is 25.7 Å². The third-order valence-electron chi connectivity index (χ3n) is 5.93. The number of nitrogens with zero attached hydrogens (tertiary/aromatic N) is 2. The third kappa shape index (κ3) is 4.94. The Kier molecular flexibility index (Phi) is 7.70. The number of aryl methyl sites for hydroxylation is 1. The predicted molar refractivity (Wildman–Crippen MR) is 124 cm³/mol. The van der Waals surface area contributed by atoms with Crippen LogP contribution in [-0.2, 0) is 16.0 Å². The van der Waals surface area contributed by atoms with Gasteiger partial charge in [-0.3, -0.25) is 9.59 Å². The van der Waals surface area contributed by atoms with Crippen molar-refractivity contribution < 1.29 is 9.59 Å². The molecule has 0 saturated heterocycles. The van der Waals surface area contributed by atoms with Crippen molar-refractivity contribution in [1.82, 2.24) is 9.80 Å². The van der Waals surface area contributed by atoms with Crippen molar-refractivity contribution in [1.29, 1.82) is 0 Å². The number of benzene rings is 1. The fourth-order valence-electron chi connectivity index (χ4n) is 4.25. The fraction of sp³-hybridized carbons (Fsp3) is 0.520. The van der Waals surface area contributed by atoms with Gasteiger partial charge in [-0.25, -0.2) is 0 Å². The van der Waals surface area contributed by atoms with Crippen molar-refractivity contribution in [2.45, 2.75) is 59.4 Å². The summed E-state index contributed by atoms with van der Waals surface area (Å²) in [5, 5.41) is 2.13. The van der Waals surface area contributed by atoms with Crippen LogP contribution < -0.4 is 0 Å². The van der Waals surface area contributed by atoms with Crippen molar-refractivity contribution in [2.75, 3.05) is 19.6 Å². The van der Waals surface area contributed by atoms with Crippen molar-refractivity contribution >= 4 is 23.2 Å². The number of hydrogen-bond acceptors (Lipinski definition) is 3. The summed E-state index contributed by atoms with van der Waals surface area (Å²) in [6.07, 6.45) is 4.00. The van der Waals surface area contributed by atoms with Crippen molar-refractivity contribution in [2.24, 2.45) is 5.92 Å². The molecule has 5 heteroatoms. The molecule has 0 saturated carbocycles. The lowest BCUT2D eigenvalue weighted by molar-refractivity contribution is -0.143. The van der Waals surface area contributed by atoms with Crippen molar-refractivity contribution in [3.63, 3.8) is 0 Å². The molecule has 2 heterocycles. The summed E-state index contributed by atoms with van der Waals surface area (Å²) in [7, 11) is 0. The Morgan fingerprint density at radius 2 is 1.93 bits per heavy atom. The zero-order valence-electron chi connectivity index (χ0n) is 18.7. The Bertz CT molecular complexity index is 874. The molecule has 0 bridgehead atoms. The van der Waals surface area contributed by atoms with Gasteiger partial charge in [-0.15, -0.1) is 11.3 Å². The fourth-order valence-corrected chi connectivity index (χ4v) is 5.16. The van der Waals surface area contributed by atoms with E-state index in [1.807, 2.05) is 30.9 Å². The molecule has 0 fully saturated rings. The minimum Gasteiger partial charge on any atom is -0.333 e. The Labute approximate surface area is 184 Å². The van der Waals surface area contributed by atoms with Gasteiger partial charge in [0.2, 0.25) is 11.8 Å². The molecule has 1 aliphatic heterocycles. The maximum absolute atomic E-state index is 13.5. The second-order valence-electron chi connectivity index (χ2n) is 8.52. The number of unbranched alkanes of at least 4 members (excludes halogenated alkanes) is 2. The van der Waals surface area contributed by atoms with E-state index in [-0.39, 0.29) is 30.3 Å². The number of rotatable bonds is 8. The molecular weight excluding hydrogens is 392 g/mol. The highest BCUT2D eigenvalue weighted by Gasteiger charge is 2.34. The molecule has 1 atom stereocenters. The molecule has 0 spiro atoms. The second-order valence-corrected chi connectivity index (χ2v) is 9.52. The second kappa shape index (κ2) is 10.3. The third-order valence-corrected chi connectivity index (χ3v) is 6.93. The van der Waals surface area contributed by atoms with E-state index in [9.17, 15) is 9.59 Å². The van der Waals surface area contributed by atoms with Gasteiger partial charge < -0.3 is 9.80 Å². The number of amides is 2. The number of thiophene rings is 1. The summed E-state index contributed by atoms with van der Waals surface area (Å²) in [5.41, 5.74) is 3.61. The maximum Gasteiger partial charge on any atom is 0.242 e. The van der Waals surface area contributed by atoms with Gasteiger partial charge >= 0.3 is 0 Å². The van der Waals surface area contributed by atoms with Crippen LogP contribution in [0.25, 0.3) is 0 Å². The molecule has 4 nitrogen and oxygen atoms in total. The molecular formula is C25H34N2O2S. The van der Waals surface area contributed by atoms with Gasteiger partial charge in [-0.2, -0.15) is 0 Å². The summed E-state index contributed by atoms with van der Waals surface area (Å²) in [5.74, 6) is 0.0159. The summed E-state index contributed by atoms with van der Waals surface area (Å²) >= 11 is 1.78. The smallest absolute Gasteiger partial charge is 0.242 e. The molecule has 0 N–H and O–H groups in total.